The Labute approximate surface area is 359 Å². The summed E-state index contributed by atoms with van der Waals surface area (Å²) in [7, 11) is 1.44. The lowest BCUT2D eigenvalue weighted by molar-refractivity contribution is -0.142. The molecule has 6 amide bonds. The van der Waals surface area contributed by atoms with Crippen molar-refractivity contribution in [1.82, 2.24) is 29.9 Å². The molecule has 4 aromatic rings. The van der Waals surface area contributed by atoms with E-state index in [1.165, 1.54) is 13.2 Å². The standard InChI is InChI=1S/C45H45F3N8O7/c1-63-35-19-32-26(17-33(35)50-38(58)31-3-2-4-36(49-31)45(46,47)48)22-55(52-32)28-20-43(21-28)13-15-53(16-14-43)40(60)25-9-11-44(12-10-25)23-54(24-44)27-5-6-29-30(18-27)42(62)56(41(29)61)34-7-8-37(57)51-39(34)59/h2-6,17-19,22,25,28,34H,7-16,20-21,23-24H2,1H3,(H,50,58)(H,51,57,59). The quantitative estimate of drug-likeness (QED) is 0.218. The zero-order chi connectivity index (χ0) is 44.0. The number of hydrogen-bond donors (Lipinski definition) is 2. The van der Waals surface area contributed by atoms with E-state index in [1.54, 1.807) is 24.3 Å². The number of rotatable bonds is 7. The third-order valence-electron chi connectivity index (χ3n) is 14.4. The van der Waals surface area contributed by atoms with Crippen molar-refractivity contribution in [1.29, 1.82) is 0 Å². The number of nitrogens with one attached hydrogen (secondary N) is 2. The molecule has 6 heterocycles. The highest BCUT2D eigenvalue weighted by atomic mass is 19.4. The number of alkyl halides is 3. The van der Waals surface area contributed by atoms with Gasteiger partial charge in [-0.3, -0.25) is 43.7 Å². The molecular weight excluding hydrogens is 822 g/mol. The molecule has 10 rings (SSSR count). The minimum Gasteiger partial charge on any atom is -0.494 e. The largest absolute Gasteiger partial charge is 0.494 e. The van der Waals surface area contributed by atoms with Crippen LogP contribution in [0.15, 0.2) is 54.7 Å². The summed E-state index contributed by atoms with van der Waals surface area (Å²) >= 11 is 0. The van der Waals surface area contributed by atoms with Gasteiger partial charge in [-0.2, -0.15) is 18.3 Å². The van der Waals surface area contributed by atoms with Crippen LogP contribution in [0.2, 0.25) is 0 Å². The summed E-state index contributed by atoms with van der Waals surface area (Å²) in [5.74, 6) is -2.32. The molecule has 63 heavy (non-hydrogen) atoms. The van der Waals surface area contributed by atoms with Crippen LogP contribution in [0.5, 0.6) is 5.75 Å². The molecule has 15 nitrogen and oxygen atoms in total. The van der Waals surface area contributed by atoms with E-state index in [0.29, 0.717) is 11.3 Å². The van der Waals surface area contributed by atoms with Crippen LogP contribution in [-0.2, 0) is 20.6 Å². The Morgan fingerprint density at radius 2 is 1.62 bits per heavy atom. The molecule has 0 radical (unpaired) electrons. The van der Waals surface area contributed by atoms with Gasteiger partial charge in [-0.05, 0) is 99.6 Å². The minimum atomic E-state index is -4.68. The monoisotopic (exact) mass is 866 g/mol. The number of fused-ring (bicyclic) bond motifs is 2. The zero-order valence-corrected chi connectivity index (χ0v) is 34.5. The predicted octanol–water partition coefficient (Wildman–Crippen LogP) is 5.75. The lowest BCUT2D eigenvalue weighted by atomic mass is 9.60. The summed E-state index contributed by atoms with van der Waals surface area (Å²) in [5, 5.41) is 10.4. The lowest BCUT2D eigenvalue weighted by Crippen LogP contribution is -2.58. The van der Waals surface area contributed by atoms with Crippen LogP contribution in [0.1, 0.15) is 107 Å². The Morgan fingerprint density at radius 3 is 2.32 bits per heavy atom. The van der Waals surface area contributed by atoms with Crippen molar-refractivity contribution < 1.29 is 46.7 Å². The van der Waals surface area contributed by atoms with Gasteiger partial charge in [-0.15, -0.1) is 0 Å². The number of hydrogen-bond acceptors (Lipinski definition) is 10. The number of benzene rings is 2. The molecule has 1 atom stereocenters. The molecule has 328 valence electrons. The fourth-order valence-electron chi connectivity index (χ4n) is 10.8. The third kappa shape index (κ3) is 7.16. The van der Waals surface area contributed by atoms with Crippen molar-refractivity contribution in [3.8, 4) is 5.75 Å². The van der Waals surface area contributed by atoms with E-state index in [-0.39, 0.29) is 64.0 Å². The summed E-state index contributed by atoms with van der Waals surface area (Å²) in [6, 6.07) is 10.9. The van der Waals surface area contributed by atoms with E-state index in [4.69, 9.17) is 9.84 Å². The Hall–Kier alpha value is -6.33. The van der Waals surface area contributed by atoms with Gasteiger partial charge in [0.2, 0.25) is 17.7 Å². The molecule has 2 saturated carbocycles. The van der Waals surface area contributed by atoms with Crippen molar-refractivity contribution in [3.05, 3.63) is 77.2 Å². The topological polar surface area (TPSA) is 176 Å². The molecule has 1 unspecified atom stereocenters. The van der Waals surface area contributed by atoms with Gasteiger partial charge in [0.15, 0.2) is 0 Å². The van der Waals surface area contributed by atoms with Gasteiger partial charge in [0.05, 0.1) is 35.5 Å². The second-order valence-electron chi connectivity index (χ2n) is 18.3. The van der Waals surface area contributed by atoms with E-state index >= 15 is 0 Å². The highest BCUT2D eigenvalue weighted by Crippen LogP contribution is 2.55. The Morgan fingerprint density at radius 1 is 0.889 bits per heavy atom. The van der Waals surface area contributed by atoms with Crippen LogP contribution in [-0.4, -0.2) is 99.3 Å². The number of amides is 6. The van der Waals surface area contributed by atoms with Crippen LogP contribution in [0.25, 0.3) is 10.9 Å². The highest BCUT2D eigenvalue weighted by Gasteiger charge is 2.51. The first kappa shape index (κ1) is 40.7. The number of likely N-dealkylation sites (tertiary alicyclic amines) is 1. The molecule has 6 aliphatic rings. The first-order valence-electron chi connectivity index (χ1n) is 21.4. The number of imide groups is 2. The van der Waals surface area contributed by atoms with Gasteiger partial charge in [-0.25, -0.2) is 4.98 Å². The van der Waals surface area contributed by atoms with Gasteiger partial charge < -0.3 is 19.9 Å². The molecule has 18 heteroatoms. The number of nitrogens with zero attached hydrogens (tertiary/aromatic N) is 6. The second kappa shape index (κ2) is 14.9. The van der Waals surface area contributed by atoms with Gasteiger partial charge >= 0.3 is 6.18 Å². The number of carbonyl (C=O) groups is 6. The zero-order valence-electron chi connectivity index (χ0n) is 34.5. The van der Waals surface area contributed by atoms with Crippen molar-refractivity contribution in [2.45, 2.75) is 82.5 Å². The fraction of sp³-hybridized carbons (Fsp3) is 0.467. The number of anilines is 2. The highest BCUT2D eigenvalue weighted by molar-refractivity contribution is 6.23. The number of pyridine rings is 1. The molecule has 2 aromatic carbocycles. The van der Waals surface area contributed by atoms with Crippen LogP contribution in [0, 0.1) is 16.7 Å². The first-order valence-corrected chi connectivity index (χ1v) is 21.4. The molecule has 2 N–H and O–H groups in total. The molecular formula is C45H45F3N8O7. The van der Waals surface area contributed by atoms with E-state index < -0.39 is 47.4 Å². The number of aromatic nitrogens is 3. The maximum atomic E-state index is 13.8. The van der Waals surface area contributed by atoms with Crippen molar-refractivity contribution in [2.24, 2.45) is 16.7 Å². The fourth-order valence-corrected chi connectivity index (χ4v) is 10.8. The van der Waals surface area contributed by atoms with Crippen LogP contribution < -0.4 is 20.3 Å². The number of halogens is 3. The first-order chi connectivity index (χ1) is 30.1. The molecule has 2 aliphatic carbocycles. The van der Waals surface area contributed by atoms with Gasteiger partial charge in [-0.1, -0.05) is 6.07 Å². The predicted molar refractivity (Wildman–Crippen MR) is 220 cm³/mol. The molecule has 4 aliphatic heterocycles. The average Bonchev–Trinajstić information content (AvgIpc) is 3.77. The maximum Gasteiger partial charge on any atom is 0.433 e. The summed E-state index contributed by atoms with van der Waals surface area (Å²) < 4.78 is 47.0. The van der Waals surface area contributed by atoms with E-state index in [0.717, 1.165) is 106 Å². The van der Waals surface area contributed by atoms with Gasteiger partial charge in [0.1, 0.15) is 23.2 Å². The smallest absolute Gasteiger partial charge is 0.433 e. The normalized spacial score (nSPS) is 23.1. The molecule has 2 aromatic heterocycles. The van der Waals surface area contributed by atoms with Crippen molar-refractivity contribution >= 4 is 57.7 Å². The second-order valence-corrected chi connectivity index (χ2v) is 18.3. The molecule has 0 bridgehead atoms. The van der Waals surface area contributed by atoms with Crippen molar-refractivity contribution in [2.75, 3.05) is 43.5 Å². The SMILES string of the molecule is COc1cc2nn(C3CC4(CCN(C(=O)C5CCC6(CC5)CN(c5ccc7c(c5)C(=O)N(C5CCC(=O)NC5=O)C7=O)C6)CC4)C3)cc2cc1NC(=O)c1cccc(C(F)(F)F)n1. The Kier molecular flexibility index (Phi) is 9.63. The molecule has 3 saturated heterocycles. The van der Waals surface area contributed by atoms with E-state index in [9.17, 15) is 41.9 Å². The summed E-state index contributed by atoms with van der Waals surface area (Å²) in [5.41, 5.74) is 1.03. The summed E-state index contributed by atoms with van der Waals surface area (Å²) in [6.07, 6.45) is 4.67. The Balaban J connectivity index is 0.699. The minimum absolute atomic E-state index is 0.000701. The Bertz CT molecular complexity index is 2600. The number of piperidine rings is 2. The van der Waals surface area contributed by atoms with Crippen LogP contribution in [0.3, 0.4) is 0 Å². The summed E-state index contributed by atoms with van der Waals surface area (Å²) in [6.45, 7) is 3.06. The lowest BCUT2D eigenvalue weighted by Gasteiger charge is -2.55. The summed E-state index contributed by atoms with van der Waals surface area (Å²) in [4.78, 5) is 86.0. The third-order valence-corrected chi connectivity index (χ3v) is 14.4. The number of ether oxygens (including phenoxy) is 1. The molecule has 2 spiro atoms. The van der Waals surface area contributed by atoms with E-state index in [2.05, 4.69) is 25.4 Å². The van der Waals surface area contributed by atoms with Crippen molar-refractivity contribution in [3.63, 3.8) is 0 Å². The van der Waals surface area contributed by atoms with E-state index in [1.807, 2.05) is 16.9 Å². The van der Waals surface area contributed by atoms with Crippen LogP contribution in [0.4, 0.5) is 24.5 Å². The maximum absolute atomic E-state index is 13.8. The van der Waals surface area contributed by atoms with Gasteiger partial charge in [0, 0.05) is 67.3 Å². The average molecular weight is 867 g/mol. The van der Waals surface area contributed by atoms with Crippen LogP contribution >= 0.6 is 0 Å². The number of carbonyl (C=O) groups excluding carboxylic acids is 6. The van der Waals surface area contributed by atoms with Gasteiger partial charge in [0.25, 0.3) is 17.7 Å². The molecule has 5 fully saturated rings. The number of methoxy groups -OCH3 is 1.